The Balaban J connectivity index is 2.01. The lowest BCUT2D eigenvalue weighted by Crippen LogP contribution is -2.23. The van der Waals surface area contributed by atoms with E-state index < -0.39 is 0 Å². The number of benzene rings is 2. The van der Waals surface area contributed by atoms with Crippen molar-refractivity contribution < 1.29 is 5.11 Å². The molecule has 0 aliphatic heterocycles. The zero-order valence-corrected chi connectivity index (χ0v) is 11.7. The van der Waals surface area contributed by atoms with Crippen LogP contribution >= 0.6 is 11.6 Å². The lowest BCUT2D eigenvalue weighted by molar-refractivity contribution is 0.243. The van der Waals surface area contributed by atoms with Gasteiger partial charge in [0.05, 0.1) is 12.6 Å². The van der Waals surface area contributed by atoms with Crippen molar-refractivity contribution in [1.82, 2.24) is 5.32 Å². The van der Waals surface area contributed by atoms with E-state index in [1.165, 1.54) is 11.1 Å². The number of nitrogens with one attached hydrogen (secondary N) is 1. The van der Waals surface area contributed by atoms with E-state index in [1.54, 1.807) is 0 Å². The van der Waals surface area contributed by atoms with E-state index in [1.807, 2.05) is 30.3 Å². The SMILES string of the molecule is Cc1cccc(CNC(CO)c2ccc(Cl)cc2)c1. The summed E-state index contributed by atoms with van der Waals surface area (Å²) < 4.78 is 0. The first-order valence-corrected chi connectivity index (χ1v) is 6.72. The van der Waals surface area contributed by atoms with Gasteiger partial charge in [0.1, 0.15) is 0 Å². The third kappa shape index (κ3) is 4.06. The number of halogens is 1. The lowest BCUT2D eigenvalue weighted by Gasteiger charge is -2.17. The molecule has 2 nitrogen and oxygen atoms in total. The van der Waals surface area contributed by atoms with Gasteiger partial charge in [-0.05, 0) is 30.2 Å². The topological polar surface area (TPSA) is 32.3 Å². The zero-order chi connectivity index (χ0) is 13.7. The molecule has 0 spiro atoms. The summed E-state index contributed by atoms with van der Waals surface area (Å²) in [6.45, 7) is 2.87. The number of aliphatic hydroxyl groups is 1. The quantitative estimate of drug-likeness (QED) is 0.876. The molecule has 2 N–H and O–H groups in total. The molecular formula is C16H18ClNO. The van der Waals surface area contributed by atoms with Crippen molar-refractivity contribution in [1.29, 1.82) is 0 Å². The maximum atomic E-state index is 9.49. The monoisotopic (exact) mass is 275 g/mol. The van der Waals surface area contributed by atoms with Gasteiger partial charge in [0.15, 0.2) is 0 Å². The van der Waals surface area contributed by atoms with Crippen LogP contribution in [-0.2, 0) is 6.54 Å². The number of hydrogen-bond acceptors (Lipinski definition) is 2. The van der Waals surface area contributed by atoms with Gasteiger partial charge >= 0.3 is 0 Å². The van der Waals surface area contributed by atoms with Gasteiger partial charge < -0.3 is 10.4 Å². The molecule has 0 heterocycles. The van der Waals surface area contributed by atoms with Gasteiger partial charge in [0, 0.05) is 11.6 Å². The van der Waals surface area contributed by atoms with Crippen LogP contribution in [0, 0.1) is 6.92 Å². The summed E-state index contributed by atoms with van der Waals surface area (Å²) in [4.78, 5) is 0. The smallest absolute Gasteiger partial charge is 0.0626 e. The molecule has 19 heavy (non-hydrogen) atoms. The fourth-order valence-electron chi connectivity index (χ4n) is 2.05. The summed E-state index contributed by atoms with van der Waals surface area (Å²) in [6.07, 6.45) is 0. The van der Waals surface area contributed by atoms with Crippen molar-refractivity contribution in [2.75, 3.05) is 6.61 Å². The predicted octanol–water partition coefficient (Wildman–Crippen LogP) is 3.47. The minimum absolute atomic E-state index is 0.0629. The molecule has 1 atom stereocenters. The average Bonchev–Trinajstić information content (AvgIpc) is 2.41. The largest absolute Gasteiger partial charge is 0.394 e. The standard InChI is InChI=1S/C16H18ClNO/c1-12-3-2-4-13(9-12)10-18-16(11-19)14-5-7-15(17)8-6-14/h2-9,16,18-19H,10-11H2,1H3. The van der Waals surface area contributed by atoms with Crippen molar-refractivity contribution in [2.24, 2.45) is 0 Å². The van der Waals surface area contributed by atoms with E-state index in [-0.39, 0.29) is 12.6 Å². The maximum Gasteiger partial charge on any atom is 0.0626 e. The van der Waals surface area contributed by atoms with E-state index in [2.05, 4.69) is 30.4 Å². The lowest BCUT2D eigenvalue weighted by atomic mass is 10.1. The molecule has 100 valence electrons. The van der Waals surface area contributed by atoms with E-state index in [0.717, 1.165) is 12.1 Å². The minimum Gasteiger partial charge on any atom is -0.394 e. The molecule has 0 fully saturated rings. The van der Waals surface area contributed by atoms with Gasteiger partial charge in [0.2, 0.25) is 0 Å². The predicted molar refractivity (Wildman–Crippen MR) is 79.3 cm³/mol. The first-order chi connectivity index (χ1) is 9.19. The highest BCUT2D eigenvalue weighted by Gasteiger charge is 2.09. The van der Waals surface area contributed by atoms with Crippen LogP contribution in [-0.4, -0.2) is 11.7 Å². The molecule has 2 aromatic carbocycles. The average molecular weight is 276 g/mol. The van der Waals surface area contributed by atoms with Gasteiger partial charge in [-0.1, -0.05) is 53.6 Å². The third-order valence-corrected chi connectivity index (χ3v) is 3.34. The molecular weight excluding hydrogens is 258 g/mol. The highest BCUT2D eigenvalue weighted by molar-refractivity contribution is 6.30. The maximum absolute atomic E-state index is 9.49. The number of aryl methyl sites for hydroxylation is 1. The summed E-state index contributed by atoms with van der Waals surface area (Å²) in [5, 5.41) is 13.5. The first kappa shape index (κ1) is 14.1. The summed E-state index contributed by atoms with van der Waals surface area (Å²) in [5.74, 6) is 0. The van der Waals surface area contributed by atoms with E-state index in [4.69, 9.17) is 11.6 Å². The Bertz CT molecular complexity index is 525. The van der Waals surface area contributed by atoms with E-state index in [9.17, 15) is 5.11 Å². The van der Waals surface area contributed by atoms with Crippen molar-refractivity contribution in [2.45, 2.75) is 19.5 Å². The highest BCUT2D eigenvalue weighted by Crippen LogP contribution is 2.17. The molecule has 0 radical (unpaired) electrons. The molecule has 0 saturated heterocycles. The van der Waals surface area contributed by atoms with Crippen LogP contribution in [0.25, 0.3) is 0 Å². The summed E-state index contributed by atoms with van der Waals surface area (Å²) in [6, 6.07) is 15.8. The molecule has 2 rings (SSSR count). The molecule has 0 bridgehead atoms. The Morgan fingerprint density at radius 2 is 1.89 bits per heavy atom. The van der Waals surface area contributed by atoms with Crippen molar-refractivity contribution in [3.8, 4) is 0 Å². The van der Waals surface area contributed by atoms with Crippen LogP contribution in [0.4, 0.5) is 0 Å². The number of aliphatic hydroxyl groups excluding tert-OH is 1. The second kappa shape index (κ2) is 6.71. The second-order valence-electron chi connectivity index (χ2n) is 4.66. The normalized spacial score (nSPS) is 12.4. The van der Waals surface area contributed by atoms with E-state index in [0.29, 0.717) is 5.02 Å². The van der Waals surface area contributed by atoms with Gasteiger partial charge in [-0.3, -0.25) is 0 Å². The van der Waals surface area contributed by atoms with Crippen LogP contribution in [0.1, 0.15) is 22.7 Å². The second-order valence-corrected chi connectivity index (χ2v) is 5.09. The van der Waals surface area contributed by atoms with Crippen LogP contribution in [0.3, 0.4) is 0 Å². The Hall–Kier alpha value is -1.35. The molecule has 1 unspecified atom stereocenters. The van der Waals surface area contributed by atoms with Gasteiger partial charge in [0.25, 0.3) is 0 Å². The zero-order valence-electron chi connectivity index (χ0n) is 10.9. The van der Waals surface area contributed by atoms with Crippen LogP contribution in [0.15, 0.2) is 48.5 Å². The summed E-state index contributed by atoms with van der Waals surface area (Å²) >= 11 is 5.87. The Kier molecular flexibility index (Phi) is 4.97. The molecule has 0 aliphatic rings. The van der Waals surface area contributed by atoms with E-state index >= 15 is 0 Å². The first-order valence-electron chi connectivity index (χ1n) is 6.34. The van der Waals surface area contributed by atoms with Crippen molar-refractivity contribution in [3.05, 3.63) is 70.2 Å². The fourth-order valence-corrected chi connectivity index (χ4v) is 2.17. The molecule has 0 aliphatic carbocycles. The van der Waals surface area contributed by atoms with Gasteiger partial charge in [-0.25, -0.2) is 0 Å². The Labute approximate surface area is 119 Å². The number of hydrogen-bond donors (Lipinski definition) is 2. The molecule has 2 aromatic rings. The van der Waals surface area contributed by atoms with Crippen molar-refractivity contribution >= 4 is 11.6 Å². The Morgan fingerprint density at radius 3 is 2.53 bits per heavy atom. The summed E-state index contributed by atoms with van der Waals surface area (Å²) in [5.41, 5.74) is 3.50. The molecule has 0 saturated carbocycles. The molecule has 0 aromatic heterocycles. The van der Waals surface area contributed by atoms with Crippen molar-refractivity contribution in [3.63, 3.8) is 0 Å². The van der Waals surface area contributed by atoms with Gasteiger partial charge in [-0.2, -0.15) is 0 Å². The van der Waals surface area contributed by atoms with Crippen LogP contribution in [0.5, 0.6) is 0 Å². The third-order valence-electron chi connectivity index (χ3n) is 3.09. The fraction of sp³-hybridized carbons (Fsp3) is 0.250. The van der Waals surface area contributed by atoms with Crippen LogP contribution in [0.2, 0.25) is 5.02 Å². The summed E-state index contributed by atoms with van der Waals surface area (Å²) in [7, 11) is 0. The van der Waals surface area contributed by atoms with Gasteiger partial charge in [-0.15, -0.1) is 0 Å². The van der Waals surface area contributed by atoms with Crippen LogP contribution < -0.4 is 5.32 Å². The Morgan fingerprint density at radius 1 is 1.16 bits per heavy atom. The highest BCUT2D eigenvalue weighted by atomic mass is 35.5. The molecule has 3 heteroatoms. The minimum atomic E-state index is -0.0715. The molecule has 0 amide bonds. The number of rotatable bonds is 5.